The molecule has 0 radical (unpaired) electrons. The van der Waals surface area contributed by atoms with Gasteiger partial charge in [0.05, 0.1) is 0 Å². The SMILES string of the molecule is OCCc1c(CCO)c2ccsc2c2ccccc12. The molecule has 0 unspecified atom stereocenters. The average Bonchev–Trinajstić information content (AvgIpc) is 2.92. The summed E-state index contributed by atoms with van der Waals surface area (Å²) in [5.41, 5.74) is 2.37. The number of fused-ring (bicyclic) bond motifs is 3. The lowest BCUT2D eigenvalue weighted by atomic mass is 9.92. The summed E-state index contributed by atoms with van der Waals surface area (Å²) in [6, 6.07) is 10.5. The van der Waals surface area contributed by atoms with Gasteiger partial charge in [0.1, 0.15) is 0 Å². The number of aliphatic hydroxyl groups is 2. The van der Waals surface area contributed by atoms with E-state index in [1.807, 2.05) is 6.07 Å². The van der Waals surface area contributed by atoms with E-state index in [1.165, 1.54) is 32.0 Å². The van der Waals surface area contributed by atoms with Gasteiger partial charge in [0, 0.05) is 17.9 Å². The first kappa shape index (κ1) is 12.6. The van der Waals surface area contributed by atoms with E-state index in [4.69, 9.17) is 0 Å². The Balaban J connectivity index is 2.44. The first-order valence-electron chi connectivity index (χ1n) is 6.48. The predicted octanol–water partition coefficient (Wildman–Crippen LogP) is 3.12. The van der Waals surface area contributed by atoms with Crippen molar-refractivity contribution in [2.45, 2.75) is 12.8 Å². The van der Waals surface area contributed by atoms with Gasteiger partial charge in [-0.25, -0.2) is 0 Å². The molecular weight excluding hydrogens is 256 g/mol. The molecular formula is C16H16O2S. The van der Waals surface area contributed by atoms with Crippen LogP contribution in [0.2, 0.25) is 0 Å². The fraction of sp³-hybridized carbons (Fsp3) is 0.250. The second kappa shape index (κ2) is 5.29. The van der Waals surface area contributed by atoms with E-state index in [2.05, 4.69) is 29.6 Å². The quantitative estimate of drug-likeness (QED) is 0.766. The highest BCUT2D eigenvalue weighted by Gasteiger charge is 2.14. The molecule has 2 aromatic carbocycles. The number of benzene rings is 2. The van der Waals surface area contributed by atoms with Crippen LogP contribution >= 0.6 is 11.3 Å². The minimum atomic E-state index is 0.137. The lowest BCUT2D eigenvalue weighted by molar-refractivity contribution is 0.294. The average molecular weight is 272 g/mol. The third kappa shape index (κ3) is 2.04. The number of hydrogen-bond acceptors (Lipinski definition) is 3. The summed E-state index contributed by atoms with van der Waals surface area (Å²) in [7, 11) is 0. The maximum Gasteiger partial charge on any atom is 0.0471 e. The third-order valence-corrected chi connectivity index (χ3v) is 4.52. The van der Waals surface area contributed by atoms with Crippen molar-refractivity contribution >= 4 is 32.2 Å². The molecule has 1 aromatic heterocycles. The van der Waals surface area contributed by atoms with Gasteiger partial charge in [-0.2, -0.15) is 0 Å². The van der Waals surface area contributed by atoms with Crippen LogP contribution in [0.1, 0.15) is 11.1 Å². The van der Waals surface area contributed by atoms with Gasteiger partial charge in [-0.15, -0.1) is 11.3 Å². The second-order valence-electron chi connectivity index (χ2n) is 4.61. The molecule has 0 aliphatic carbocycles. The number of aliphatic hydroxyl groups excluding tert-OH is 2. The fourth-order valence-electron chi connectivity index (χ4n) is 2.82. The van der Waals surface area contributed by atoms with Crippen molar-refractivity contribution in [3.8, 4) is 0 Å². The Hall–Kier alpha value is -1.42. The van der Waals surface area contributed by atoms with Gasteiger partial charge >= 0.3 is 0 Å². The van der Waals surface area contributed by atoms with E-state index < -0.39 is 0 Å². The topological polar surface area (TPSA) is 40.5 Å². The zero-order valence-corrected chi connectivity index (χ0v) is 11.4. The molecule has 3 aromatic rings. The van der Waals surface area contributed by atoms with E-state index in [9.17, 15) is 10.2 Å². The number of rotatable bonds is 4. The summed E-state index contributed by atoms with van der Waals surface area (Å²) in [6.45, 7) is 0.278. The van der Waals surface area contributed by atoms with E-state index in [1.54, 1.807) is 11.3 Å². The lowest BCUT2D eigenvalue weighted by Crippen LogP contribution is -2.02. The maximum atomic E-state index is 9.33. The zero-order valence-electron chi connectivity index (χ0n) is 10.6. The van der Waals surface area contributed by atoms with Crippen LogP contribution in [0, 0.1) is 0 Å². The molecule has 0 aliphatic heterocycles. The van der Waals surface area contributed by atoms with Crippen LogP contribution in [0.4, 0.5) is 0 Å². The highest BCUT2D eigenvalue weighted by molar-refractivity contribution is 7.18. The van der Waals surface area contributed by atoms with Crippen LogP contribution in [0.15, 0.2) is 35.7 Å². The monoisotopic (exact) mass is 272 g/mol. The Labute approximate surface area is 115 Å². The van der Waals surface area contributed by atoms with E-state index in [-0.39, 0.29) is 13.2 Å². The molecule has 0 amide bonds. The van der Waals surface area contributed by atoms with Crippen LogP contribution in [-0.4, -0.2) is 23.4 Å². The molecule has 0 bridgehead atoms. The van der Waals surface area contributed by atoms with Crippen molar-refractivity contribution in [2.24, 2.45) is 0 Å². The van der Waals surface area contributed by atoms with Gasteiger partial charge in [-0.3, -0.25) is 0 Å². The minimum Gasteiger partial charge on any atom is -0.396 e. The van der Waals surface area contributed by atoms with Gasteiger partial charge in [-0.05, 0) is 51.6 Å². The first-order valence-corrected chi connectivity index (χ1v) is 7.36. The Morgan fingerprint density at radius 2 is 1.42 bits per heavy atom. The number of hydrogen-bond donors (Lipinski definition) is 2. The standard InChI is InChI=1S/C16H16O2S/c17-8-5-12-11-3-1-2-4-14(11)16-15(7-10-19-16)13(12)6-9-18/h1-4,7,10,17-18H,5-6,8-9H2. The van der Waals surface area contributed by atoms with Crippen LogP contribution in [0.25, 0.3) is 20.9 Å². The van der Waals surface area contributed by atoms with Gasteiger partial charge < -0.3 is 10.2 Å². The van der Waals surface area contributed by atoms with Crippen LogP contribution in [0.5, 0.6) is 0 Å². The summed E-state index contributed by atoms with van der Waals surface area (Å²) < 4.78 is 1.28. The first-order chi connectivity index (χ1) is 9.36. The van der Waals surface area contributed by atoms with Crippen molar-refractivity contribution in [3.05, 3.63) is 46.8 Å². The minimum absolute atomic E-state index is 0.137. The Morgan fingerprint density at radius 3 is 2.11 bits per heavy atom. The predicted molar refractivity (Wildman–Crippen MR) is 80.9 cm³/mol. The second-order valence-corrected chi connectivity index (χ2v) is 5.53. The summed E-state index contributed by atoms with van der Waals surface area (Å²) in [5, 5.41) is 24.4. The fourth-order valence-corrected chi connectivity index (χ4v) is 3.78. The maximum absolute atomic E-state index is 9.33. The molecule has 19 heavy (non-hydrogen) atoms. The normalized spacial score (nSPS) is 11.5. The van der Waals surface area contributed by atoms with Crippen molar-refractivity contribution < 1.29 is 10.2 Å². The Morgan fingerprint density at radius 1 is 0.789 bits per heavy atom. The molecule has 1 heterocycles. The van der Waals surface area contributed by atoms with E-state index >= 15 is 0 Å². The molecule has 2 N–H and O–H groups in total. The summed E-state index contributed by atoms with van der Waals surface area (Å²) >= 11 is 1.74. The van der Waals surface area contributed by atoms with Gasteiger partial charge in [0.25, 0.3) is 0 Å². The van der Waals surface area contributed by atoms with Gasteiger partial charge in [0.15, 0.2) is 0 Å². The molecule has 98 valence electrons. The Bertz CT molecular complexity index is 715. The molecule has 3 rings (SSSR count). The summed E-state index contributed by atoms with van der Waals surface area (Å²) in [4.78, 5) is 0. The van der Waals surface area contributed by atoms with Crippen LogP contribution < -0.4 is 0 Å². The molecule has 0 atom stereocenters. The molecule has 0 saturated carbocycles. The highest BCUT2D eigenvalue weighted by Crippen LogP contribution is 2.36. The van der Waals surface area contributed by atoms with Crippen molar-refractivity contribution in [1.82, 2.24) is 0 Å². The van der Waals surface area contributed by atoms with Gasteiger partial charge in [-0.1, -0.05) is 24.3 Å². The van der Waals surface area contributed by atoms with E-state index in [0.717, 1.165) is 0 Å². The highest BCUT2D eigenvalue weighted by atomic mass is 32.1. The van der Waals surface area contributed by atoms with Crippen LogP contribution in [-0.2, 0) is 12.8 Å². The van der Waals surface area contributed by atoms with Crippen molar-refractivity contribution in [3.63, 3.8) is 0 Å². The van der Waals surface area contributed by atoms with Crippen molar-refractivity contribution in [2.75, 3.05) is 13.2 Å². The zero-order chi connectivity index (χ0) is 13.2. The summed E-state index contributed by atoms with van der Waals surface area (Å²) in [5.74, 6) is 0. The van der Waals surface area contributed by atoms with Gasteiger partial charge in [0.2, 0.25) is 0 Å². The van der Waals surface area contributed by atoms with Crippen LogP contribution in [0.3, 0.4) is 0 Å². The van der Waals surface area contributed by atoms with Crippen molar-refractivity contribution in [1.29, 1.82) is 0 Å². The van der Waals surface area contributed by atoms with E-state index in [0.29, 0.717) is 12.8 Å². The largest absolute Gasteiger partial charge is 0.396 e. The smallest absolute Gasteiger partial charge is 0.0471 e. The summed E-state index contributed by atoms with van der Waals surface area (Å²) in [6.07, 6.45) is 1.29. The third-order valence-electron chi connectivity index (χ3n) is 3.58. The molecule has 2 nitrogen and oxygen atoms in total. The Kier molecular flexibility index (Phi) is 3.51. The molecule has 0 spiro atoms. The molecule has 0 aliphatic rings. The molecule has 0 saturated heterocycles. The number of thiophene rings is 1. The molecule has 0 fully saturated rings. The lowest BCUT2D eigenvalue weighted by Gasteiger charge is -2.14. The molecule has 3 heteroatoms.